The fourth-order valence-electron chi connectivity index (χ4n) is 2.16. The summed E-state index contributed by atoms with van der Waals surface area (Å²) in [6.07, 6.45) is 3.30. The van der Waals surface area contributed by atoms with Gasteiger partial charge in [-0.2, -0.15) is 0 Å². The number of halogens is 1. The molecule has 92 valence electrons. The van der Waals surface area contributed by atoms with Gasteiger partial charge in [-0.05, 0) is 30.4 Å². The molecule has 2 aliphatic rings. The van der Waals surface area contributed by atoms with Gasteiger partial charge in [0.25, 0.3) is 0 Å². The molecular weight excluding hydrogens is 238 g/mol. The van der Waals surface area contributed by atoms with Gasteiger partial charge in [0.2, 0.25) is 0 Å². The maximum absolute atomic E-state index is 6.27. The molecule has 1 aromatic rings. The molecule has 0 spiro atoms. The average Bonchev–Trinajstić information content (AvgIpc) is 3.14. The standard InChI is InChI=1S/C13H16ClNO2/c14-10-7-12-11(16-4-1-5-17-12)6-9(10)13(15)8-2-3-8/h6-8,13H,1-5,15H2. The summed E-state index contributed by atoms with van der Waals surface area (Å²) in [6, 6.07) is 3.81. The molecule has 0 aromatic heterocycles. The zero-order chi connectivity index (χ0) is 11.8. The Kier molecular flexibility index (Phi) is 2.89. The Hall–Kier alpha value is -0.930. The van der Waals surface area contributed by atoms with E-state index in [1.807, 2.05) is 12.1 Å². The lowest BCUT2D eigenvalue weighted by molar-refractivity contribution is 0.297. The Morgan fingerprint density at radius 1 is 1.18 bits per heavy atom. The first-order valence-corrected chi connectivity index (χ1v) is 6.48. The molecule has 17 heavy (non-hydrogen) atoms. The zero-order valence-electron chi connectivity index (χ0n) is 9.62. The maximum atomic E-state index is 6.27. The maximum Gasteiger partial charge on any atom is 0.162 e. The highest BCUT2D eigenvalue weighted by molar-refractivity contribution is 6.31. The van der Waals surface area contributed by atoms with E-state index in [-0.39, 0.29) is 6.04 Å². The van der Waals surface area contributed by atoms with Gasteiger partial charge in [-0.3, -0.25) is 0 Å². The Balaban J connectivity index is 1.96. The number of benzene rings is 1. The van der Waals surface area contributed by atoms with Gasteiger partial charge >= 0.3 is 0 Å². The van der Waals surface area contributed by atoms with Crippen molar-refractivity contribution >= 4 is 11.6 Å². The van der Waals surface area contributed by atoms with Crippen molar-refractivity contribution in [1.29, 1.82) is 0 Å². The van der Waals surface area contributed by atoms with Crippen LogP contribution in [0.3, 0.4) is 0 Å². The van der Waals surface area contributed by atoms with Crippen molar-refractivity contribution in [2.24, 2.45) is 11.7 Å². The second kappa shape index (κ2) is 4.39. The minimum Gasteiger partial charge on any atom is -0.490 e. The van der Waals surface area contributed by atoms with Crippen LogP contribution in [0.2, 0.25) is 5.02 Å². The first-order valence-electron chi connectivity index (χ1n) is 6.10. The first-order chi connectivity index (χ1) is 8.25. The van der Waals surface area contributed by atoms with Crippen molar-refractivity contribution < 1.29 is 9.47 Å². The van der Waals surface area contributed by atoms with Gasteiger partial charge < -0.3 is 15.2 Å². The molecule has 0 saturated heterocycles. The summed E-state index contributed by atoms with van der Waals surface area (Å²) in [6.45, 7) is 1.37. The number of nitrogens with two attached hydrogens (primary N) is 1. The molecule has 0 bridgehead atoms. The monoisotopic (exact) mass is 253 g/mol. The molecule has 1 unspecified atom stereocenters. The van der Waals surface area contributed by atoms with Gasteiger partial charge in [0.05, 0.1) is 13.2 Å². The van der Waals surface area contributed by atoms with E-state index in [0.717, 1.165) is 23.5 Å². The van der Waals surface area contributed by atoms with E-state index in [4.69, 9.17) is 26.8 Å². The van der Waals surface area contributed by atoms with Crippen LogP contribution in [0.4, 0.5) is 0 Å². The van der Waals surface area contributed by atoms with Crippen molar-refractivity contribution in [3.05, 3.63) is 22.7 Å². The van der Waals surface area contributed by atoms with Crippen LogP contribution in [0.1, 0.15) is 30.9 Å². The van der Waals surface area contributed by atoms with Crippen LogP contribution in [0.15, 0.2) is 12.1 Å². The van der Waals surface area contributed by atoms with Crippen LogP contribution in [0.5, 0.6) is 11.5 Å². The van der Waals surface area contributed by atoms with Gasteiger partial charge in [0.15, 0.2) is 11.5 Å². The number of rotatable bonds is 2. The van der Waals surface area contributed by atoms with E-state index in [9.17, 15) is 0 Å². The summed E-state index contributed by atoms with van der Waals surface area (Å²) in [7, 11) is 0. The molecule has 1 aromatic carbocycles. The fraction of sp³-hybridized carbons (Fsp3) is 0.538. The second-order valence-electron chi connectivity index (χ2n) is 4.73. The van der Waals surface area contributed by atoms with Crippen LogP contribution in [0, 0.1) is 5.92 Å². The van der Waals surface area contributed by atoms with Crippen molar-refractivity contribution in [3.8, 4) is 11.5 Å². The first kappa shape index (κ1) is 11.2. The molecule has 4 heteroatoms. The molecule has 0 radical (unpaired) electrons. The molecule has 3 rings (SSSR count). The molecule has 3 nitrogen and oxygen atoms in total. The summed E-state index contributed by atoms with van der Waals surface area (Å²) >= 11 is 6.27. The van der Waals surface area contributed by atoms with Crippen LogP contribution >= 0.6 is 11.6 Å². The molecule has 1 saturated carbocycles. The highest BCUT2D eigenvalue weighted by Crippen LogP contribution is 2.44. The third-order valence-electron chi connectivity index (χ3n) is 3.36. The van der Waals surface area contributed by atoms with Crippen molar-refractivity contribution in [2.75, 3.05) is 13.2 Å². The van der Waals surface area contributed by atoms with Gasteiger partial charge in [-0.1, -0.05) is 11.6 Å². The van der Waals surface area contributed by atoms with E-state index in [0.29, 0.717) is 24.2 Å². The minimum absolute atomic E-state index is 0.0275. The third-order valence-corrected chi connectivity index (χ3v) is 3.68. The van der Waals surface area contributed by atoms with Crippen molar-refractivity contribution in [1.82, 2.24) is 0 Å². The van der Waals surface area contributed by atoms with Crippen LogP contribution in [-0.2, 0) is 0 Å². The summed E-state index contributed by atoms with van der Waals surface area (Å²) < 4.78 is 11.2. The number of fused-ring (bicyclic) bond motifs is 1. The highest BCUT2D eigenvalue weighted by atomic mass is 35.5. The molecule has 1 fully saturated rings. The Morgan fingerprint density at radius 2 is 1.82 bits per heavy atom. The van der Waals surface area contributed by atoms with Gasteiger partial charge in [-0.25, -0.2) is 0 Å². The molecule has 1 aliphatic heterocycles. The highest BCUT2D eigenvalue weighted by Gasteiger charge is 2.31. The Labute approximate surface area is 106 Å². The number of ether oxygens (including phenoxy) is 2. The fourth-order valence-corrected chi connectivity index (χ4v) is 2.44. The minimum atomic E-state index is 0.0275. The number of hydrogen-bond acceptors (Lipinski definition) is 3. The topological polar surface area (TPSA) is 44.5 Å². The molecule has 2 N–H and O–H groups in total. The zero-order valence-corrected chi connectivity index (χ0v) is 10.4. The average molecular weight is 254 g/mol. The van der Waals surface area contributed by atoms with Gasteiger partial charge in [-0.15, -0.1) is 0 Å². The van der Waals surface area contributed by atoms with Crippen LogP contribution in [-0.4, -0.2) is 13.2 Å². The Bertz CT molecular complexity index is 432. The second-order valence-corrected chi connectivity index (χ2v) is 5.14. The van der Waals surface area contributed by atoms with Crippen molar-refractivity contribution in [3.63, 3.8) is 0 Å². The van der Waals surface area contributed by atoms with Crippen molar-refractivity contribution in [2.45, 2.75) is 25.3 Å². The summed E-state index contributed by atoms with van der Waals surface area (Å²) in [5.74, 6) is 2.09. The predicted octanol–water partition coefficient (Wildman–Crippen LogP) is 2.91. The lowest BCUT2D eigenvalue weighted by atomic mass is 10.0. The van der Waals surface area contributed by atoms with E-state index < -0.39 is 0 Å². The molecule has 0 amide bonds. The molecule has 1 aliphatic carbocycles. The van der Waals surface area contributed by atoms with E-state index >= 15 is 0 Å². The Morgan fingerprint density at radius 3 is 2.47 bits per heavy atom. The van der Waals surface area contributed by atoms with Gasteiger partial charge in [0.1, 0.15) is 0 Å². The molecular formula is C13H16ClNO2. The van der Waals surface area contributed by atoms with Crippen LogP contribution < -0.4 is 15.2 Å². The van der Waals surface area contributed by atoms with E-state index in [1.165, 1.54) is 12.8 Å². The summed E-state index contributed by atoms with van der Waals surface area (Å²) in [4.78, 5) is 0. The number of hydrogen-bond donors (Lipinski definition) is 1. The van der Waals surface area contributed by atoms with E-state index in [2.05, 4.69) is 0 Å². The lowest BCUT2D eigenvalue weighted by Gasteiger charge is -2.16. The SMILES string of the molecule is NC(c1cc2c(cc1Cl)OCCCO2)C1CC1. The van der Waals surface area contributed by atoms with Gasteiger partial charge in [0, 0.05) is 23.6 Å². The quantitative estimate of drug-likeness (QED) is 0.881. The van der Waals surface area contributed by atoms with E-state index in [1.54, 1.807) is 0 Å². The summed E-state index contributed by atoms with van der Waals surface area (Å²) in [5, 5.41) is 0.689. The largest absolute Gasteiger partial charge is 0.490 e. The lowest BCUT2D eigenvalue weighted by Crippen LogP contribution is -2.13. The normalized spacial score (nSPS) is 20.8. The van der Waals surface area contributed by atoms with Crippen LogP contribution in [0.25, 0.3) is 0 Å². The predicted molar refractivity (Wildman–Crippen MR) is 66.7 cm³/mol. The smallest absolute Gasteiger partial charge is 0.162 e. The molecule has 1 atom stereocenters. The third kappa shape index (κ3) is 2.22. The molecule has 1 heterocycles. The summed E-state index contributed by atoms with van der Waals surface area (Å²) in [5.41, 5.74) is 7.18.